The summed E-state index contributed by atoms with van der Waals surface area (Å²) in [6.07, 6.45) is 3.92. The van der Waals surface area contributed by atoms with Crippen molar-refractivity contribution in [3.8, 4) is 0 Å². The van der Waals surface area contributed by atoms with Crippen molar-refractivity contribution in [2.24, 2.45) is 0 Å². The van der Waals surface area contributed by atoms with Crippen LogP contribution in [0.25, 0.3) is 0 Å². The van der Waals surface area contributed by atoms with Gasteiger partial charge in [-0.05, 0) is 13.8 Å². The fourth-order valence-electron chi connectivity index (χ4n) is 2.85. The molecule has 22 heavy (non-hydrogen) atoms. The molecule has 0 amide bonds. The van der Waals surface area contributed by atoms with Crippen molar-refractivity contribution in [3.05, 3.63) is 30.0 Å². The summed E-state index contributed by atoms with van der Waals surface area (Å²) in [6, 6.07) is 2.00. The highest BCUT2D eigenvalue weighted by Crippen LogP contribution is 2.16. The molecule has 0 radical (unpaired) electrons. The molecule has 2 aromatic heterocycles. The van der Waals surface area contributed by atoms with Gasteiger partial charge in [0.25, 0.3) is 0 Å². The number of rotatable bonds is 4. The van der Waals surface area contributed by atoms with Crippen molar-refractivity contribution in [2.45, 2.75) is 26.9 Å². The molecule has 1 saturated heterocycles. The summed E-state index contributed by atoms with van der Waals surface area (Å²) >= 11 is 0. The summed E-state index contributed by atoms with van der Waals surface area (Å²) in [5.74, 6) is 2.42. The van der Waals surface area contributed by atoms with E-state index in [2.05, 4.69) is 36.2 Å². The SMILES string of the molecule is CCn1ccnc1CN1CCN(c2cc(C)nc(N)n2)CC1. The maximum atomic E-state index is 5.75. The Bertz CT molecular complexity index is 608. The lowest BCUT2D eigenvalue weighted by atomic mass is 10.3. The molecule has 2 aromatic rings. The van der Waals surface area contributed by atoms with Crippen molar-refractivity contribution in [1.82, 2.24) is 24.4 Å². The van der Waals surface area contributed by atoms with E-state index in [4.69, 9.17) is 5.73 Å². The van der Waals surface area contributed by atoms with Gasteiger partial charge in [-0.3, -0.25) is 4.90 Å². The molecule has 0 aliphatic carbocycles. The highest BCUT2D eigenvalue weighted by molar-refractivity contribution is 5.43. The van der Waals surface area contributed by atoms with Gasteiger partial charge in [-0.15, -0.1) is 0 Å². The van der Waals surface area contributed by atoms with Crippen LogP contribution in [0.2, 0.25) is 0 Å². The molecule has 7 heteroatoms. The Morgan fingerprint density at radius 3 is 2.64 bits per heavy atom. The molecule has 0 bridgehead atoms. The van der Waals surface area contributed by atoms with Crippen LogP contribution in [0.3, 0.4) is 0 Å². The van der Waals surface area contributed by atoms with E-state index in [0.717, 1.165) is 56.6 Å². The number of hydrogen-bond acceptors (Lipinski definition) is 6. The van der Waals surface area contributed by atoms with Gasteiger partial charge in [0.15, 0.2) is 0 Å². The Morgan fingerprint density at radius 1 is 1.18 bits per heavy atom. The first kappa shape index (κ1) is 14.8. The molecule has 0 saturated carbocycles. The van der Waals surface area contributed by atoms with Crippen molar-refractivity contribution in [3.63, 3.8) is 0 Å². The monoisotopic (exact) mass is 301 g/mol. The van der Waals surface area contributed by atoms with E-state index in [1.54, 1.807) is 0 Å². The van der Waals surface area contributed by atoms with Gasteiger partial charge in [0, 0.05) is 56.9 Å². The number of hydrogen-bond donors (Lipinski definition) is 1. The molecule has 1 aliphatic heterocycles. The van der Waals surface area contributed by atoms with Crippen LogP contribution in [-0.2, 0) is 13.1 Å². The molecule has 7 nitrogen and oxygen atoms in total. The predicted molar refractivity (Wildman–Crippen MR) is 86.6 cm³/mol. The number of aryl methyl sites for hydroxylation is 2. The number of nitrogens with zero attached hydrogens (tertiary/aromatic N) is 6. The van der Waals surface area contributed by atoms with Gasteiger partial charge in [0.2, 0.25) is 5.95 Å². The third-order valence-electron chi connectivity index (χ3n) is 4.06. The summed E-state index contributed by atoms with van der Waals surface area (Å²) < 4.78 is 2.20. The van der Waals surface area contributed by atoms with Gasteiger partial charge in [-0.25, -0.2) is 9.97 Å². The third kappa shape index (κ3) is 3.19. The molecule has 0 unspecified atom stereocenters. The Morgan fingerprint density at radius 2 is 1.95 bits per heavy atom. The minimum absolute atomic E-state index is 0.349. The van der Waals surface area contributed by atoms with Crippen LogP contribution < -0.4 is 10.6 Å². The maximum Gasteiger partial charge on any atom is 0.222 e. The van der Waals surface area contributed by atoms with Crippen LogP contribution in [0, 0.1) is 6.92 Å². The Balaban J connectivity index is 1.60. The summed E-state index contributed by atoms with van der Waals surface area (Å²) in [7, 11) is 0. The Hall–Kier alpha value is -2.15. The molecule has 2 N–H and O–H groups in total. The molecule has 0 spiro atoms. The zero-order valence-electron chi connectivity index (χ0n) is 13.2. The second kappa shape index (κ2) is 6.31. The molecule has 1 fully saturated rings. The van der Waals surface area contributed by atoms with E-state index in [1.807, 2.05) is 25.4 Å². The Labute approximate surface area is 130 Å². The highest BCUT2D eigenvalue weighted by atomic mass is 15.3. The largest absolute Gasteiger partial charge is 0.368 e. The second-order valence-corrected chi connectivity index (χ2v) is 5.62. The normalized spacial score (nSPS) is 16.2. The molecule has 3 rings (SSSR count). The average molecular weight is 301 g/mol. The van der Waals surface area contributed by atoms with E-state index < -0.39 is 0 Å². The van der Waals surface area contributed by atoms with E-state index in [9.17, 15) is 0 Å². The lowest BCUT2D eigenvalue weighted by Gasteiger charge is -2.35. The molecule has 0 aromatic carbocycles. The first-order valence-electron chi connectivity index (χ1n) is 7.74. The van der Waals surface area contributed by atoms with E-state index >= 15 is 0 Å². The number of aromatic nitrogens is 4. The zero-order chi connectivity index (χ0) is 15.5. The summed E-state index contributed by atoms with van der Waals surface area (Å²) in [5.41, 5.74) is 6.66. The van der Waals surface area contributed by atoms with Crippen LogP contribution in [0.1, 0.15) is 18.4 Å². The van der Waals surface area contributed by atoms with Crippen LogP contribution in [0.4, 0.5) is 11.8 Å². The minimum Gasteiger partial charge on any atom is -0.368 e. The quantitative estimate of drug-likeness (QED) is 0.904. The molecule has 1 aliphatic rings. The lowest BCUT2D eigenvalue weighted by Crippen LogP contribution is -2.46. The van der Waals surface area contributed by atoms with Crippen LogP contribution in [0.15, 0.2) is 18.5 Å². The second-order valence-electron chi connectivity index (χ2n) is 5.62. The number of imidazole rings is 1. The highest BCUT2D eigenvalue weighted by Gasteiger charge is 2.20. The smallest absolute Gasteiger partial charge is 0.222 e. The molecule has 0 atom stereocenters. The van der Waals surface area contributed by atoms with Gasteiger partial charge in [0.05, 0.1) is 6.54 Å². The van der Waals surface area contributed by atoms with Crippen molar-refractivity contribution in [2.75, 3.05) is 36.8 Å². The minimum atomic E-state index is 0.349. The van der Waals surface area contributed by atoms with E-state index in [-0.39, 0.29) is 0 Å². The first-order chi connectivity index (χ1) is 10.7. The predicted octanol–water partition coefficient (Wildman–Crippen LogP) is 0.906. The molecule has 118 valence electrons. The van der Waals surface area contributed by atoms with Gasteiger partial charge in [0.1, 0.15) is 11.6 Å². The Kier molecular flexibility index (Phi) is 4.24. The van der Waals surface area contributed by atoms with Gasteiger partial charge in [-0.1, -0.05) is 0 Å². The number of nitrogen functional groups attached to an aromatic ring is 1. The standard InChI is InChI=1S/C15H23N7/c1-3-21-5-4-17-14(21)11-20-6-8-22(9-7-20)13-10-12(2)18-15(16)19-13/h4-5,10H,3,6-9,11H2,1-2H3,(H2,16,18,19). The number of piperazine rings is 1. The van der Waals surface area contributed by atoms with Crippen molar-refractivity contribution < 1.29 is 0 Å². The number of anilines is 2. The van der Waals surface area contributed by atoms with Gasteiger partial charge in [-0.2, -0.15) is 4.98 Å². The molecular weight excluding hydrogens is 278 g/mol. The summed E-state index contributed by atoms with van der Waals surface area (Å²) in [4.78, 5) is 17.6. The zero-order valence-corrected chi connectivity index (χ0v) is 13.2. The van der Waals surface area contributed by atoms with Crippen LogP contribution >= 0.6 is 0 Å². The van der Waals surface area contributed by atoms with Crippen molar-refractivity contribution >= 4 is 11.8 Å². The lowest BCUT2D eigenvalue weighted by molar-refractivity contribution is 0.240. The first-order valence-corrected chi connectivity index (χ1v) is 7.74. The van der Waals surface area contributed by atoms with Gasteiger partial charge < -0.3 is 15.2 Å². The third-order valence-corrected chi connectivity index (χ3v) is 4.06. The van der Waals surface area contributed by atoms with Crippen LogP contribution in [0.5, 0.6) is 0 Å². The van der Waals surface area contributed by atoms with Gasteiger partial charge >= 0.3 is 0 Å². The fourth-order valence-corrected chi connectivity index (χ4v) is 2.85. The molecule has 3 heterocycles. The summed E-state index contributed by atoms with van der Waals surface area (Å²) in [5, 5.41) is 0. The van der Waals surface area contributed by atoms with E-state index in [0.29, 0.717) is 5.95 Å². The fraction of sp³-hybridized carbons (Fsp3) is 0.533. The van der Waals surface area contributed by atoms with Crippen LogP contribution in [-0.4, -0.2) is 50.6 Å². The maximum absolute atomic E-state index is 5.75. The topological polar surface area (TPSA) is 76.1 Å². The number of nitrogens with two attached hydrogens (primary N) is 1. The summed E-state index contributed by atoms with van der Waals surface area (Å²) in [6.45, 7) is 9.85. The van der Waals surface area contributed by atoms with Crippen molar-refractivity contribution in [1.29, 1.82) is 0 Å². The average Bonchev–Trinajstić information content (AvgIpc) is 2.94. The molecular formula is C15H23N7. The van der Waals surface area contributed by atoms with E-state index in [1.165, 1.54) is 0 Å².